The van der Waals surface area contributed by atoms with Crippen molar-refractivity contribution < 1.29 is 18.3 Å². The topological polar surface area (TPSA) is 48.3 Å². The largest absolute Gasteiger partial charge is 0.465 e. The van der Waals surface area contributed by atoms with Crippen molar-refractivity contribution in [2.24, 2.45) is 0 Å². The quantitative estimate of drug-likeness (QED) is 0.817. The van der Waals surface area contributed by atoms with Crippen molar-refractivity contribution in [3.05, 3.63) is 45.2 Å². The van der Waals surface area contributed by atoms with E-state index in [4.69, 9.17) is 0 Å². The molecule has 0 aliphatic heterocycles. The molecule has 2 rings (SSSR count). The molecule has 0 amide bonds. The molecule has 6 heteroatoms. The molecule has 2 aromatic rings. The molecule has 118 valence electrons. The highest BCUT2D eigenvalue weighted by atomic mass is 19.2. The van der Waals surface area contributed by atoms with Gasteiger partial charge in [-0.25, -0.2) is 13.6 Å². The van der Waals surface area contributed by atoms with Gasteiger partial charge in [0.1, 0.15) is 5.56 Å². The Hall–Kier alpha value is -2.24. The van der Waals surface area contributed by atoms with E-state index in [1.807, 2.05) is 13.8 Å². The van der Waals surface area contributed by atoms with E-state index in [2.05, 4.69) is 4.74 Å². The molecular weight excluding hydrogens is 292 g/mol. The van der Waals surface area contributed by atoms with Gasteiger partial charge in [-0.2, -0.15) is 0 Å². The summed E-state index contributed by atoms with van der Waals surface area (Å²) in [4.78, 5) is 24.2. The van der Waals surface area contributed by atoms with Gasteiger partial charge < -0.3 is 9.30 Å². The second-order valence-corrected chi connectivity index (χ2v) is 5.22. The SMILES string of the molecule is CCC(C)n1cc(C(=O)OC)c(=O)c2cc(F)c(F)c(C)c21. The number of nitrogens with zero attached hydrogens (tertiary/aromatic N) is 1. The molecule has 0 spiro atoms. The van der Waals surface area contributed by atoms with Gasteiger partial charge in [-0.05, 0) is 26.3 Å². The molecule has 1 aromatic heterocycles. The van der Waals surface area contributed by atoms with Gasteiger partial charge in [0.05, 0.1) is 12.6 Å². The van der Waals surface area contributed by atoms with E-state index in [-0.39, 0.29) is 22.6 Å². The molecule has 1 atom stereocenters. The number of carbonyl (C=O) groups excluding carboxylic acids is 1. The van der Waals surface area contributed by atoms with Crippen LogP contribution in [0.4, 0.5) is 8.78 Å². The number of fused-ring (bicyclic) bond motifs is 1. The van der Waals surface area contributed by atoms with Crippen molar-refractivity contribution in [1.29, 1.82) is 0 Å². The molecule has 1 aromatic carbocycles. The van der Waals surface area contributed by atoms with Crippen molar-refractivity contribution in [3.63, 3.8) is 0 Å². The lowest BCUT2D eigenvalue weighted by Crippen LogP contribution is -2.22. The maximum Gasteiger partial charge on any atom is 0.343 e. The molecule has 4 nitrogen and oxygen atoms in total. The van der Waals surface area contributed by atoms with E-state index < -0.39 is 23.0 Å². The fourth-order valence-electron chi connectivity index (χ4n) is 2.46. The zero-order valence-electron chi connectivity index (χ0n) is 12.9. The number of aromatic nitrogens is 1. The van der Waals surface area contributed by atoms with Crippen molar-refractivity contribution >= 4 is 16.9 Å². The summed E-state index contributed by atoms with van der Waals surface area (Å²) < 4.78 is 33.8. The molecule has 0 fully saturated rings. The van der Waals surface area contributed by atoms with E-state index >= 15 is 0 Å². The van der Waals surface area contributed by atoms with Crippen molar-refractivity contribution in [2.45, 2.75) is 33.2 Å². The number of halogens is 2. The highest BCUT2D eigenvalue weighted by Crippen LogP contribution is 2.26. The Balaban J connectivity index is 3.02. The van der Waals surface area contributed by atoms with E-state index in [1.54, 1.807) is 4.57 Å². The van der Waals surface area contributed by atoms with Crippen molar-refractivity contribution in [2.75, 3.05) is 7.11 Å². The summed E-state index contributed by atoms with van der Waals surface area (Å²) in [5.74, 6) is -2.90. The van der Waals surface area contributed by atoms with Crippen LogP contribution < -0.4 is 5.43 Å². The standard InChI is InChI=1S/C16H17F2NO3/c1-5-8(2)19-7-11(16(21)22-4)15(20)10-6-12(17)13(18)9(3)14(10)19/h6-8H,5H2,1-4H3. The summed E-state index contributed by atoms with van der Waals surface area (Å²) in [6.07, 6.45) is 2.05. The van der Waals surface area contributed by atoms with Crippen LogP contribution in [0.15, 0.2) is 17.1 Å². The molecular formula is C16H17F2NO3. The fraction of sp³-hybridized carbons (Fsp3) is 0.375. The Bertz CT molecular complexity index is 811. The first-order valence-electron chi connectivity index (χ1n) is 6.95. The third kappa shape index (κ3) is 2.38. The van der Waals surface area contributed by atoms with Crippen LogP contribution in [-0.4, -0.2) is 17.6 Å². The van der Waals surface area contributed by atoms with Gasteiger partial charge in [0.2, 0.25) is 5.43 Å². The maximum atomic E-state index is 13.9. The molecule has 1 unspecified atom stereocenters. The van der Waals surface area contributed by atoms with Gasteiger partial charge in [-0.15, -0.1) is 0 Å². The van der Waals surface area contributed by atoms with Crippen LogP contribution in [0, 0.1) is 18.6 Å². The van der Waals surface area contributed by atoms with Gasteiger partial charge in [-0.3, -0.25) is 4.79 Å². The first-order chi connectivity index (χ1) is 10.3. The molecule has 0 N–H and O–H groups in total. The molecule has 0 saturated heterocycles. The summed E-state index contributed by atoms with van der Waals surface area (Å²) in [6, 6.07) is 0.737. The Labute approximate surface area is 126 Å². The summed E-state index contributed by atoms with van der Waals surface area (Å²) in [5.41, 5.74) is -0.515. The molecule has 0 bridgehead atoms. The summed E-state index contributed by atoms with van der Waals surface area (Å²) in [6.45, 7) is 5.20. The van der Waals surface area contributed by atoms with Gasteiger partial charge in [-0.1, -0.05) is 6.92 Å². The molecule has 0 aliphatic rings. The van der Waals surface area contributed by atoms with Gasteiger partial charge >= 0.3 is 5.97 Å². The Morgan fingerprint density at radius 3 is 2.59 bits per heavy atom. The normalized spacial score (nSPS) is 12.5. The fourth-order valence-corrected chi connectivity index (χ4v) is 2.46. The number of hydrogen-bond donors (Lipinski definition) is 0. The smallest absolute Gasteiger partial charge is 0.343 e. The van der Waals surface area contributed by atoms with E-state index in [1.165, 1.54) is 13.1 Å². The van der Waals surface area contributed by atoms with E-state index in [9.17, 15) is 18.4 Å². The zero-order valence-corrected chi connectivity index (χ0v) is 12.9. The number of carbonyl (C=O) groups is 1. The summed E-state index contributed by atoms with van der Waals surface area (Å²) in [7, 11) is 1.16. The highest BCUT2D eigenvalue weighted by molar-refractivity contribution is 5.94. The third-order valence-corrected chi connectivity index (χ3v) is 3.91. The molecule has 1 heterocycles. The summed E-state index contributed by atoms with van der Waals surface area (Å²) >= 11 is 0. The number of aryl methyl sites for hydroxylation is 1. The first kappa shape index (κ1) is 16.1. The second kappa shape index (κ2) is 5.87. The van der Waals surface area contributed by atoms with E-state index in [0.29, 0.717) is 11.9 Å². The minimum absolute atomic E-state index is 0.0281. The number of methoxy groups -OCH3 is 1. The number of ether oxygens (including phenoxy) is 1. The Morgan fingerprint density at radius 2 is 2.05 bits per heavy atom. The summed E-state index contributed by atoms with van der Waals surface area (Å²) in [5, 5.41) is -0.0281. The predicted molar refractivity (Wildman–Crippen MR) is 79.2 cm³/mol. The van der Waals surface area contributed by atoms with Gasteiger partial charge in [0.15, 0.2) is 11.6 Å². The van der Waals surface area contributed by atoms with Crippen LogP contribution in [0.25, 0.3) is 10.9 Å². The lowest BCUT2D eigenvalue weighted by molar-refractivity contribution is 0.0598. The number of esters is 1. The molecule has 0 radical (unpaired) electrons. The van der Waals surface area contributed by atoms with Gasteiger partial charge in [0, 0.05) is 23.2 Å². The maximum absolute atomic E-state index is 13.9. The predicted octanol–water partition coefficient (Wildman–Crippen LogP) is 3.35. The average Bonchev–Trinajstić information content (AvgIpc) is 2.52. The van der Waals surface area contributed by atoms with Crippen LogP contribution in [0.2, 0.25) is 0 Å². The first-order valence-corrected chi connectivity index (χ1v) is 6.95. The monoisotopic (exact) mass is 309 g/mol. The van der Waals surface area contributed by atoms with Crippen LogP contribution >= 0.6 is 0 Å². The number of rotatable bonds is 3. The highest BCUT2D eigenvalue weighted by Gasteiger charge is 2.22. The third-order valence-electron chi connectivity index (χ3n) is 3.91. The number of benzene rings is 1. The lowest BCUT2D eigenvalue weighted by Gasteiger charge is -2.20. The molecule has 0 saturated carbocycles. The minimum Gasteiger partial charge on any atom is -0.465 e. The van der Waals surface area contributed by atoms with Crippen LogP contribution in [-0.2, 0) is 4.74 Å². The number of hydrogen-bond acceptors (Lipinski definition) is 3. The molecule has 22 heavy (non-hydrogen) atoms. The average molecular weight is 309 g/mol. The Morgan fingerprint density at radius 1 is 1.41 bits per heavy atom. The number of pyridine rings is 1. The Kier molecular flexibility index (Phi) is 4.30. The lowest BCUT2D eigenvalue weighted by atomic mass is 10.0. The second-order valence-electron chi connectivity index (χ2n) is 5.22. The van der Waals surface area contributed by atoms with Crippen molar-refractivity contribution in [3.8, 4) is 0 Å². The molecule has 0 aliphatic carbocycles. The van der Waals surface area contributed by atoms with Gasteiger partial charge in [0.25, 0.3) is 0 Å². The van der Waals surface area contributed by atoms with Crippen molar-refractivity contribution in [1.82, 2.24) is 4.57 Å². The zero-order chi connectivity index (χ0) is 16.6. The minimum atomic E-state index is -1.11. The van der Waals surface area contributed by atoms with E-state index in [0.717, 1.165) is 13.2 Å². The van der Waals surface area contributed by atoms with Crippen LogP contribution in [0.1, 0.15) is 42.2 Å². The van der Waals surface area contributed by atoms with Crippen LogP contribution in [0.3, 0.4) is 0 Å². The van der Waals surface area contributed by atoms with Crippen LogP contribution in [0.5, 0.6) is 0 Å².